The Morgan fingerprint density at radius 3 is 1.03 bits per heavy atom. The quantitative estimate of drug-likeness (QED) is 0.0345. The Hall–Kier alpha value is -1.62. The molecule has 0 saturated carbocycles. The molecular weight excluding hydrogens is 813 g/mol. The molecule has 0 heterocycles. The van der Waals surface area contributed by atoms with E-state index in [1.807, 2.05) is 0 Å². The van der Waals surface area contributed by atoms with Gasteiger partial charge < -0.3 is 14.2 Å². The van der Waals surface area contributed by atoms with Gasteiger partial charge in [0.05, 0.1) is 6.61 Å². The van der Waals surface area contributed by atoms with Gasteiger partial charge in [-0.1, -0.05) is 289 Å². The van der Waals surface area contributed by atoms with Crippen molar-refractivity contribution < 1.29 is 23.8 Å². The van der Waals surface area contributed by atoms with Crippen molar-refractivity contribution in [2.75, 3.05) is 19.8 Å². The molecule has 0 fully saturated rings. The number of hydrogen-bond donors (Lipinski definition) is 0. The average Bonchev–Trinajstić information content (AvgIpc) is 3.32. The standard InChI is InChI=1S/C61H116O5/c1-4-7-10-13-16-19-22-25-27-29-31-32-34-37-39-42-45-48-51-54-60(62)65-58-59(66-61(63)55-52-49-46-43-40-36-24-21-18-15-12-9-6-3)57-64-56-53-50-47-44-41-38-35-33-30-28-26-23-20-17-14-11-8-5-2/h16,19,25,27,59H,4-15,17-18,20-24,26,28-58H2,1-3H3/b19-16-,27-25-. The summed E-state index contributed by atoms with van der Waals surface area (Å²) in [5, 5.41) is 0. The molecule has 0 N–H and O–H groups in total. The van der Waals surface area contributed by atoms with Gasteiger partial charge in [-0.25, -0.2) is 0 Å². The molecule has 66 heavy (non-hydrogen) atoms. The molecule has 0 radical (unpaired) electrons. The average molecular weight is 930 g/mol. The van der Waals surface area contributed by atoms with Gasteiger partial charge in [0.25, 0.3) is 0 Å². The van der Waals surface area contributed by atoms with Gasteiger partial charge in [0.1, 0.15) is 6.61 Å². The summed E-state index contributed by atoms with van der Waals surface area (Å²) in [6, 6.07) is 0. The van der Waals surface area contributed by atoms with Crippen LogP contribution in [-0.2, 0) is 23.8 Å². The Kier molecular flexibility index (Phi) is 56.3. The van der Waals surface area contributed by atoms with Crippen LogP contribution < -0.4 is 0 Å². The van der Waals surface area contributed by atoms with E-state index < -0.39 is 6.10 Å². The van der Waals surface area contributed by atoms with E-state index in [4.69, 9.17) is 14.2 Å². The van der Waals surface area contributed by atoms with E-state index in [1.54, 1.807) is 0 Å². The topological polar surface area (TPSA) is 61.8 Å². The van der Waals surface area contributed by atoms with E-state index in [-0.39, 0.29) is 18.5 Å². The predicted octanol–water partition coefficient (Wildman–Crippen LogP) is 20.4. The summed E-state index contributed by atoms with van der Waals surface area (Å²) < 4.78 is 17.5. The highest BCUT2D eigenvalue weighted by molar-refractivity contribution is 5.70. The molecule has 0 rings (SSSR count). The second kappa shape index (κ2) is 57.7. The molecule has 0 aromatic carbocycles. The Labute approximate surface area is 413 Å². The van der Waals surface area contributed by atoms with Gasteiger partial charge in [0.15, 0.2) is 6.10 Å². The van der Waals surface area contributed by atoms with Crippen molar-refractivity contribution in [3.63, 3.8) is 0 Å². The summed E-state index contributed by atoms with van der Waals surface area (Å²) in [4.78, 5) is 25.5. The van der Waals surface area contributed by atoms with Gasteiger partial charge in [-0.15, -0.1) is 0 Å². The van der Waals surface area contributed by atoms with Gasteiger partial charge in [0.2, 0.25) is 0 Å². The first kappa shape index (κ1) is 64.4. The van der Waals surface area contributed by atoms with E-state index in [0.717, 1.165) is 38.5 Å². The molecule has 0 bridgehead atoms. The van der Waals surface area contributed by atoms with Crippen molar-refractivity contribution >= 4 is 11.9 Å². The lowest BCUT2D eigenvalue weighted by atomic mass is 10.0. The Morgan fingerprint density at radius 2 is 0.636 bits per heavy atom. The second-order valence-corrected chi connectivity index (χ2v) is 20.3. The third-order valence-corrected chi connectivity index (χ3v) is 13.5. The fraction of sp³-hybridized carbons (Fsp3) is 0.902. The number of ether oxygens (including phenoxy) is 3. The van der Waals surface area contributed by atoms with Crippen molar-refractivity contribution in [3.8, 4) is 0 Å². The summed E-state index contributed by atoms with van der Waals surface area (Å²) in [6.07, 6.45) is 69.1. The number of esters is 2. The third kappa shape index (κ3) is 55.0. The molecule has 0 aliphatic rings. The van der Waals surface area contributed by atoms with Crippen molar-refractivity contribution in [3.05, 3.63) is 24.3 Å². The van der Waals surface area contributed by atoms with Crippen LogP contribution in [0.4, 0.5) is 0 Å². The summed E-state index contributed by atoms with van der Waals surface area (Å²) >= 11 is 0. The number of carbonyl (C=O) groups excluding carboxylic acids is 2. The summed E-state index contributed by atoms with van der Waals surface area (Å²) in [7, 11) is 0. The van der Waals surface area contributed by atoms with Crippen LogP contribution in [0.1, 0.15) is 329 Å². The third-order valence-electron chi connectivity index (χ3n) is 13.5. The number of carbonyl (C=O) groups is 2. The lowest BCUT2D eigenvalue weighted by Crippen LogP contribution is -2.30. The second-order valence-electron chi connectivity index (χ2n) is 20.3. The van der Waals surface area contributed by atoms with E-state index in [2.05, 4.69) is 45.1 Å². The minimum absolute atomic E-state index is 0.0915. The highest BCUT2D eigenvalue weighted by atomic mass is 16.6. The molecule has 5 heteroatoms. The molecule has 1 atom stereocenters. The minimum atomic E-state index is -0.530. The van der Waals surface area contributed by atoms with Gasteiger partial charge in [-0.3, -0.25) is 9.59 Å². The maximum Gasteiger partial charge on any atom is 0.306 e. The van der Waals surface area contributed by atoms with Crippen LogP contribution in [-0.4, -0.2) is 37.9 Å². The lowest BCUT2D eigenvalue weighted by Gasteiger charge is -2.18. The van der Waals surface area contributed by atoms with Gasteiger partial charge in [0, 0.05) is 19.4 Å². The van der Waals surface area contributed by atoms with Gasteiger partial charge in [-0.05, 0) is 51.4 Å². The predicted molar refractivity (Wildman–Crippen MR) is 289 cm³/mol. The van der Waals surface area contributed by atoms with E-state index in [0.29, 0.717) is 26.1 Å². The summed E-state index contributed by atoms with van der Waals surface area (Å²) in [5.74, 6) is -0.378. The lowest BCUT2D eigenvalue weighted by molar-refractivity contribution is -0.163. The Balaban J connectivity index is 4.19. The maximum absolute atomic E-state index is 12.8. The van der Waals surface area contributed by atoms with Crippen molar-refractivity contribution in [2.45, 2.75) is 335 Å². The molecular formula is C61H116O5. The molecule has 0 aliphatic heterocycles. The zero-order valence-corrected chi connectivity index (χ0v) is 45.0. The zero-order chi connectivity index (χ0) is 47.7. The largest absolute Gasteiger partial charge is 0.462 e. The van der Waals surface area contributed by atoms with Crippen LogP contribution in [0.3, 0.4) is 0 Å². The van der Waals surface area contributed by atoms with Crippen molar-refractivity contribution in [1.29, 1.82) is 0 Å². The molecule has 1 unspecified atom stereocenters. The smallest absolute Gasteiger partial charge is 0.306 e. The first-order valence-corrected chi connectivity index (χ1v) is 29.9. The van der Waals surface area contributed by atoms with Crippen LogP contribution in [0.5, 0.6) is 0 Å². The van der Waals surface area contributed by atoms with Crippen LogP contribution in [0.2, 0.25) is 0 Å². The Bertz CT molecular complexity index is 1010. The molecule has 0 amide bonds. The number of allylic oxidation sites excluding steroid dienone is 4. The highest BCUT2D eigenvalue weighted by Gasteiger charge is 2.17. The molecule has 0 aromatic rings. The van der Waals surface area contributed by atoms with Crippen LogP contribution in [0.25, 0.3) is 0 Å². The number of hydrogen-bond acceptors (Lipinski definition) is 5. The van der Waals surface area contributed by atoms with Crippen LogP contribution in [0.15, 0.2) is 24.3 Å². The molecule has 0 saturated heterocycles. The fourth-order valence-corrected chi connectivity index (χ4v) is 9.01. The normalized spacial score (nSPS) is 12.2. The van der Waals surface area contributed by atoms with Gasteiger partial charge >= 0.3 is 11.9 Å². The first-order valence-electron chi connectivity index (χ1n) is 29.9. The monoisotopic (exact) mass is 929 g/mol. The molecule has 390 valence electrons. The van der Waals surface area contributed by atoms with Crippen molar-refractivity contribution in [1.82, 2.24) is 0 Å². The maximum atomic E-state index is 12.8. The summed E-state index contributed by atoms with van der Waals surface area (Å²) in [5.41, 5.74) is 0. The van der Waals surface area contributed by atoms with Crippen LogP contribution >= 0.6 is 0 Å². The summed E-state index contributed by atoms with van der Waals surface area (Å²) in [6.45, 7) is 7.88. The van der Waals surface area contributed by atoms with Crippen molar-refractivity contribution in [2.24, 2.45) is 0 Å². The molecule has 0 aliphatic carbocycles. The molecule has 0 aromatic heterocycles. The van der Waals surface area contributed by atoms with E-state index in [1.165, 1.54) is 257 Å². The minimum Gasteiger partial charge on any atom is -0.462 e. The number of unbranched alkanes of at least 4 members (excludes halogenated alkanes) is 41. The van der Waals surface area contributed by atoms with E-state index in [9.17, 15) is 9.59 Å². The number of rotatable bonds is 56. The first-order chi connectivity index (χ1) is 32.6. The highest BCUT2D eigenvalue weighted by Crippen LogP contribution is 2.17. The molecule has 5 nitrogen and oxygen atoms in total. The fourth-order valence-electron chi connectivity index (χ4n) is 9.01. The molecule has 0 spiro atoms. The van der Waals surface area contributed by atoms with E-state index >= 15 is 0 Å². The van der Waals surface area contributed by atoms with Gasteiger partial charge in [-0.2, -0.15) is 0 Å². The SMILES string of the molecule is CCCCC/C=C\C/C=C\CCCCCCCCCCCC(=O)OCC(COCCCCCCCCCCCCCCCCCCCC)OC(=O)CCCCCCCCCCCCCCC. The Morgan fingerprint density at radius 1 is 0.333 bits per heavy atom. The van der Waals surface area contributed by atoms with Crippen LogP contribution in [0, 0.1) is 0 Å². The zero-order valence-electron chi connectivity index (χ0n) is 45.0.